The van der Waals surface area contributed by atoms with Crippen LogP contribution in [0.25, 0.3) is 0 Å². The molecular weight excluding hydrogens is 264 g/mol. The minimum absolute atomic E-state index is 0.0170. The standard InChI is InChI=1S/C16H26N4O/c1-13(2)14-4-5-15(18-17-14)20-10-11-21-16(12-20)6-8-19(3)9-7-16/h4-5,13H,6-12H2,1-3H3. The molecule has 21 heavy (non-hydrogen) atoms. The Hall–Kier alpha value is -1.20. The van der Waals surface area contributed by atoms with Crippen molar-refractivity contribution in [3.8, 4) is 0 Å². The van der Waals surface area contributed by atoms with Gasteiger partial charge in [0.25, 0.3) is 0 Å². The summed E-state index contributed by atoms with van der Waals surface area (Å²) in [5, 5.41) is 8.78. The quantitative estimate of drug-likeness (QED) is 0.832. The summed E-state index contributed by atoms with van der Waals surface area (Å²) in [5.74, 6) is 1.41. The molecule has 0 saturated carbocycles. The van der Waals surface area contributed by atoms with Crippen LogP contribution in [0, 0.1) is 0 Å². The highest BCUT2D eigenvalue weighted by molar-refractivity contribution is 5.39. The lowest BCUT2D eigenvalue weighted by Gasteiger charge is -2.47. The van der Waals surface area contributed by atoms with Gasteiger partial charge in [-0.2, -0.15) is 5.10 Å². The third-order valence-electron chi connectivity index (χ3n) is 4.73. The first-order valence-corrected chi connectivity index (χ1v) is 7.99. The van der Waals surface area contributed by atoms with Gasteiger partial charge in [-0.15, -0.1) is 5.10 Å². The van der Waals surface area contributed by atoms with Gasteiger partial charge in [-0.1, -0.05) is 13.8 Å². The van der Waals surface area contributed by atoms with Gasteiger partial charge in [-0.3, -0.25) is 0 Å². The first-order chi connectivity index (χ1) is 10.1. The SMILES string of the molecule is CC(C)c1ccc(N2CCOC3(CCN(C)CC3)C2)nn1. The van der Waals surface area contributed by atoms with E-state index in [-0.39, 0.29) is 5.60 Å². The summed E-state index contributed by atoms with van der Waals surface area (Å²) >= 11 is 0. The van der Waals surface area contributed by atoms with E-state index < -0.39 is 0 Å². The summed E-state index contributed by atoms with van der Waals surface area (Å²) in [4.78, 5) is 4.72. The van der Waals surface area contributed by atoms with E-state index in [2.05, 4.69) is 53.0 Å². The summed E-state index contributed by atoms with van der Waals surface area (Å²) in [6, 6.07) is 4.21. The first kappa shape index (κ1) is 14.7. The van der Waals surface area contributed by atoms with Crippen molar-refractivity contribution in [1.29, 1.82) is 0 Å². The Morgan fingerprint density at radius 1 is 1.14 bits per heavy atom. The lowest BCUT2D eigenvalue weighted by Crippen LogP contribution is -2.56. The van der Waals surface area contributed by atoms with Crippen LogP contribution in [-0.2, 0) is 4.74 Å². The highest BCUT2D eigenvalue weighted by atomic mass is 16.5. The minimum Gasteiger partial charge on any atom is -0.371 e. The normalized spacial score (nSPS) is 23.0. The molecule has 3 rings (SSSR count). The number of rotatable bonds is 2. The van der Waals surface area contributed by atoms with Crippen LogP contribution in [0.1, 0.15) is 38.3 Å². The molecule has 0 amide bonds. The molecule has 2 saturated heterocycles. The lowest BCUT2D eigenvalue weighted by molar-refractivity contribution is -0.0885. The summed E-state index contributed by atoms with van der Waals surface area (Å²) in [5.41, 5.74) is 1.07. The molecule has 0 bridgehead atoms. The second-order valence-corrected chi connectivity index (χ2v) is 6.73. The van der Waals surface area contributed by atoms with E-state index in [4.69, 9.17) is 4.74 Å². The van der Waals surface area contributed by atoms with Crippen LogP contribution in [-0.4, -0.2) is 60.5 Å². The molecule has 2 aliphatic rings. The first-order valence-electron chi connectivity index (χ1n) is 7.99. The highest BCUT2D eigenvalue weighted by Gasteiger charge is 2.39. The van der Waals surface area contributed by atoms with Crippen LogP contribution in [0.3, 0.4) is 0 Å². The van der Waals surface area contributed by atoms with E-state index >= 15 is 0 Å². The van der Waals surface area contributed by atoms with Crippen LogP contribution in [0.4, 0.5) is 5.82 Å². The number of ether oxygens (including phenoxy) is 1. The monoisotopic (exact) mass is 290 g/mol. The van der Waals surface area contributed by atoms with Crippen LogP contribution >= 0.6 is 0 Å². The molecule has 3 heterocycles. The van der Waals surface area contributed by atoms with Crippen LogP contribution in [0.15, 0.2) is 12.1 Å². The molecule has 0 radical (unpaired) electrons. The molecule has 0 N–H and O–H groups in total. The molecule has 1 aromatic rings. The Bertz CT molecular complexity index is 466. The van der Waals surface area contributed by atoms with Crippen molar-refractivity contribution in [2.75, 3.05) is 44.7 Å². The number of hydrogen-bond acceptors (Lipinski definition) is 5. The highest BCUT2D eigenvalue weighted by Crippen LogP contribution is 2.31. The fourth-order valence-corrected chi connectivity index (χ4v) is 3.18. The molecule has 1 aromatic heterocycles. The van der Waals surface area contributed by atoms with Gasteiger partial charge in [0, 0.05) is 26.2 Å². The van der Waals surface area contributed by atoms with Crippen molar-refractivity contribution in [3.63, 3.8) is 0 Å². The Kier molecular flexibility index (Phi) is 4.13. The predicted molar refractivity (Wildman–Crippen MR) is 83.7 cm³/mol. The Balaban J connectivity index is 1.71. The van der Waals surface area contributed by atoms with E-state index in [1.165, 1.54) is 0 Å². The Labute approximate surface area is 127 Å². The Morgan fingerprint density at radius 3 is 2.52 bits per heavy atom. The summed E-state index contributed by atoms with van der Waals surface area (Å²) in [7, 11) is 2.18. The largest absolute Gasteiger partial charge is 0.371 e. The number of nitrogens with zero attached hydrogens (tertiary/aromatic N) is 4. The van der Waals surface area contributed by atoms with E-state index in [0.717, 1.165) is 57.1 Å². The molecule has 116 valence electrons. The maximum Gasteiger partial charge on any atom is 0.151 e. The van der Waals surface area contributed by atoms with Crippen molar-refractivity contribution >= 4 is 5.82 Å². The van der Waals surface area contributed by atoms with Gasteiger partial charge in [-0.05, 0) is 37.9 Å². The van der Waals surface area contributed by atoms with Crippen molar-refractivity contribution < 1.29 is 4.74 Å². The zero-order valence-corrected chi connectivity index (χ0v) is 13.4. The van der Waals surface area contributed by atoms with Gasteiger partial charge in [-0.25, -0.2) is 0 Å². The van der Waals surface area contributed by atoms with E-state index in [1.807, 2.05) is 0 Å². The van der Waals surface area contributed by atoms with Gasteiger partial charge < -0.3 is 14.5 Å². The minimum atomic E-state index is 0.0170. The van der Waals surface area contributed by atoms with E-state index in [1.54, 1.807) is 0 Å². The maximum atomic E-state index is 6.15. The van der Waals surface area contributed by atoms with Crippen LogP contribution in [0.2, 0.25) is 0 Å². The number of piperidine rings is 1. The zero-order valence-electron chi connectivity index (χ0n) is 13.4. The van der Waals surface area contributed by atoms with Crippen molar-refractivity contribution in [3.05, 3.63) is 17.8 Å². The average molecular weight is 290 g/mol. The van der Waals surface area contributed by atoms with Gasteiger partial charge >= 0.3 is 0 Å². The topological polar surface area (TPSA) is 41.5 Å². The summed E-state index contributed by atoms with van der Waals surface area (Å²) in [6.45, 7) is 9.16. The number of morpholine rings is 1. The molecule has 0 atom stereocenters. The third kappa shape index (κ3) is 3.19. The zero-order chi connectivity index (χ0) is 14.9. The molecule has 5 nitrogen and oxygen atoms in total. The molecule has 5 heteroatoms. The van der Waals surface area contributed by atoms with Gasteiger partial charge in [0.05, 0.1) is 17.9 Å². The molecule has 0 unspecified atom stereocenters. The van der Waals surface area contributed by atoms with Crippen LogP contribution < -0.4 is 4.90 Å². The number of aromatic nitrogens is 2. The van der Waals surface area contributed by atoms with Crippen LogP contribution in [0.5, 0.6) is 0 Å². The third-order valence-corrected chi connectivity index (χ3v) is 4.73. The number of likely N-dealkylation sites (tertiary alicyclic amines) is 1. The van der Waals surface area contributed by atoms with Crippen molar-refractivity contribution in [2.24, 2.45) is 0 Å². The fraction of sp³-hybridized carbons (Fsp3) is 0.750. The molecule has 1 spiro atoms. The lowest BCUT2D eigenvalue weighted by atomic mass is 9.89. The predicted octanol–water partition coefficient (Wildman–Crippen LogP) is 1.90. The molecule has 2 aliphatic heterocycles. The van der Waals surface area contributed by atoms with Gasteiger partial charge in [0.15, 0.2) is 5.82 Å². The number of hydrogen-bond donors (Lipinski definition) is 0. The summed E-state index contributed by atoms with van der Waals surface area (Å²) < 4.78 is 6.15. The second kappa shape index (κ2) is 5.89. The van der Waals surface area contributed by atoms with Crippen molar-refractivity contribution in [2.45, 2.75) is 38.2 Å². The van der Waals surface area contributed by atoms with Gasteiger partial charge in [0.1, 0.15) is 0 Å². The Morgan fingerprint density at radius 2 is 1.90 bits per heavy atom. The number of anilines is 1. The maximum absolute atomic E-state index is 6.15. The van der Waals surface area contributed by atoms with Gasteiger partial charge in [0.2, 0.25) is 0 Å². The summed E-state index contributed by atoms with van der Waals surface area (Å²) in [6.07, 6.45) is 2.22. The molecule has 0 aromatic carbocycles. The molecule has 0 aliphatic carbocycles. The fourth-order valence-electron chi connectivity index (χ4n) is 3.18. The van der Waals surface area contributed by atoms with E-state index in [9.17, 15) is 0 Å². The van der Waals surface area contributed by atoms with Crippen molar-refractivity contribution in [1.82, 2.24) is 15.1 Å². The molecule has 2 fully saturated rings. The smallest absolute Gasteiger partial charge is 0.151 e. The average Bonchev–Trinajstić information content (AvgIpc) is 2.51. The molecular formula is C16H26N4O. The van der Waals surface area contributed by atoms with E-state index in [0.29, 0.717) is 5.92 Å². The second-order valence-electron chi connectivity index (χ2n) is 6.73.